The number of aromatic nitrogens is 1. The second-order valence-corrected chi connectivity index (χ2v) is 5.63. The number of hydrogen-bond acceptors (Lipinski definition) is 3. The summed E-state index contributed by atoms with van der Waals surface area (Å²) in [4.78, 5) is 6.43. The minimum atomic E-state index is 0.0473. The zero-order valence-corrected chi connectivity index (χ0v) is 13.2. The number of rotatable bonds is 6. The van der Waals surface area contributed by atoms with Gasteiger partial charge in [0.05, 0.1) is 0 Å². The van der Waals surface area contributed by atoms with Gasteiger partial charge in [0.25, 0.3) is 0 Å². The third-order valence-corrected chi connectivity index (χ3v) is 4.02. The topological polar surface area (TPSA) is 42.2 Å². The van der Waals surface area contributed by atoms with Crippen molar-refractivity contribution in [1.82, 2.24) is 9.88 Å². The van der Waals surface area contributed by atoms with E-state index in [1.54, 1.807) is 0 Å². The van der Waals surface area contributed by atoms with Crippen LogP contribution in [0.25, 0.3) is 0 Å². The maximum atomic E-state index is 6.39. The van der Waals surface area contributed by atoms with Crippen molar-refractivity contribution in [3.8, 4) is 0 Å². The number of aryl methyl sites for hydroxylation is 2. The first-order chi connectivity index (χ1) is 10.1. The molecule has 112 valence electrons. The molecule has 2 N–H and O–H groups in total. The highest BCUT2D eigenvalue weighted by Crippen LogP contribution is 2.17. The summed E-state index contributed by atoms with van der Waals surface area (Å²) in [5.41, 5.74) is 11.5. The zero-order valence-electron chi connectivity index (χ0n) is 13.2. The lowest BCUT2D eigenvalue weighted by Crippen LogP contribution is -2.31. The SMILES string of the molecule is CCN(Cc1ccncc1)CC(N)c1ccc(C)c(C)c1. The summed E-state index contributed by atoms with van der Waals surface area (Å²) in [7, 11) is 0. The summed E-state index contributed by atoms with van der Waals surface area (Å²) < 4.78 is 0. The van der Waals surface area contributed by atoms with Crippen LogP contribution in [0.3, 0.4) is 0 Å². The van der Waals surface area contributed by atoms with E-state index in [-0.39, 0.29) is 6.04 Å². The van der Waals surface area contributed by atoms with Gasteiger partial charge in [-0.1, -0.05) is 25.1 Å². The number of likely N-dealkylation sites (N-methyl/N-ethyl adjacent to an activating group) is 1. The fourth-order valence-electron chi connectivity index (χ4n) is 2.43. The number of benzene rings is 1. The van der Waals surface area contributed by atoms with Crippen LogP contribution >= 0.6 is 0 Å². The molecule has 0 aliphatic heterocycles. The molecular formula is C18H25N3. The molecule has 2 aromatic rings. The zero-order chi connectivity index (χ0) is 15.2. The molecule has 21 heavy (non-hydrogen) atoms. The molecule has 0 bridgehead atoms. The van der Waals surface area contributed by atoms with Crippen LogP contribution in [0.5, 0.6) is 0 Å². The molecule has 0 saturated heterocycles. The Morgan fingerprint density at radius 1 is 1.10 bits per heavy atom. The second-order valence-electron chi connectivity index (χ2n) is 5.63. The number of hydrogen-bond donors (Lipinski definition) is 1. The number of nitrogens with two attached hydrogens (primary N) is 1. The van der Waals surface area contributed by atoms with E-state index < -0.39 is 0 Å². The standard InChI is InChI=1S/C18H25N3/c1-4-21(12-16-7-9-20-10-8-16)13-18(19)17-6-5-14(2)15(3)11-17/h5-11,18H,4,12-13,19H2,1-3H3. The van der Waals surface area contributed by atoms with Crippen molar-refractivity contribution in [3.63, 3.8) is 0 Å². The average molecular weight is 283 g/mol. The van der Waals surface area contributed by atoms with Gasteiger partial charge in [0.15, 0.2) is 0 Å². The molecule has 1 atom stereocenters. The van der Waals surface area contributed by atoms with Crippen LogP contribution in [0.4, 0.5) is 0 Å². The first-order valence-electron chi connectivity index (χ1n) is 7.54. The molecule has 1 heterocycles. The Morgan fingerprint density at radius 2 is 1.81 bits per heavy atom. The first-order valence-corrected chi connectivity index (χ1v) is 7.54. The van der Waals surface area contributed by atoms with Gasteiger partial charge in [-0.2, -0.15) is 0 Å². The molecule has 0 amide bonds. The molecule has 1 unspecified atom stereocenters. The molecule has 1 aromatic heterocycles. The Hall–Kier alpha value is -1.71. The molecule has 0 radical (unpaired) electrons. The predicted molar refractivity (Wildman–Crippen MR) is 88.0 cm³/mol. The van der Waals surface area contributed by atoms with Crippen molar-refractivity contribution < 1.29 is 0 Å². The molecule has 0 fully saturated rings. The molecule has 1 aromatic carbocycles. The summed E-state index contributed by atoms with van der Waals surface area (Å²) in [6.07, 6.45) is 3.68. The summed E-state index contributed by atoms with van der Waals surface area (Å²) >= 11 is 0. The van der Waals surface area contributed by atoms with Crippen molar-refractivity contribution in [2.24, 2.45) is 5.73 Å². The fourth-order valence-corrected chi connectivity index (χ4v) is 2.43. The summed E-state index contributed by atoms with van der Waals surface area (Å²) in [6.45, 7) is 9.21. The normalized spacial score (nSPS) is 12.6. The van der Waals surface area contributed by atoms with Gasteiger partial charge in [-0.15, -0.1) is 0 Å². The van der Waals surface area contributed by atoms with E-state index in [1.165, 1.54) is 22.3 Å². The number of nitrogens with zero attached hydrogens (tertiary/aromatic N) is 2. The highest BCUT2D eigenvalue weighted by Gasteiger charge is 2.12. The smallest absolute Gasteiger partial charge is 0.0424 e. The van der Waals surface area contributed by atoms with Crippen LogP contribution in [0.2, 0.25) is 0 Å². The second kappa shape index (κ2) is 7.34. The predicted octanol–water partition coefficient (Wildman–Crippen LogP) is 3.22. The van der Waals surface area contributed by atoms with E-state index in [0.29, 0.717) is 0 Å². The van der Waals surface area contributed by atoms with E-state index in [0.717, 1.165) is 19.6 Å². The van der Waals surface area contributed by atoms with E-state index in [2.05, 4.69) is 61.0 Å². The van der Waals surface area contributed by atoms with Gasteiger partial charge in [-0.25, -0.2) is 0 Å². The molecule has 0 aliphatic carbocycles. The Kier molecular flexibility index (Phi) is 5.48. The van der Waals surface area contributed by atoms with Crippen molar-refractivity contribution in [1.29, 1.82) is 0 Å². The van der Waals surface area contributed by atoms with Crippen molar-refractivity contribution in [2.45, 2.75) is 33.4 Å². The molecule has 0 saturated carbocycles. The summed E-state index contributed by atoms with van der Waals surface area (Å²) in [5, 5.41) is 0. The molecule has 2 rings (SSSR count). The van der Waals surface area contributed by atoms with Gasteiger partial charge >= 0.3 is 0 Å². The molecule has 0 aliphatic rings. The van der Waals surface area contributed by atoms with Gasteiger partial charge in [0.2, 0.25) is 0 Å². The summed E-state index contributed by atoms with van der Waals surface area (Å²) in [5.74, 6) is 0. The van der Waals surface area contributed by atoms with Crippen LogP contribution in [0.1, 0.15) is 35.2 Å². The van der Waals surface area contributed by atoms with E-state index in [4.69, 9.17) is 5.73 Å². The van der Waals surface area contributed by atoms with Crippen LogP contribution < -0.4 is 5.73 Å². The van der Waals surface area contributed by atoms with Crippen LogP contribution in [-0.2, 0) is 6.54 Å². The van der Waals surface area contributed by atoms with E-state index in [1.807, 2.05) is 12.4 Å². The Morgan fingerprint density at radius 3 is 2.43 bits per heavy atom. The van der Waals surface area contributed by atoms with E-state index in [9.17, 15) is 0 Å². The Bertz CT molecular complexity index is 566. The molecule has 3 heteroatoms. The van der Waals surface area contributed by atoms with Crippen molar-refractivity contribution in [3.05, 3.63) is 65.0 Å². The third kappa shape index (κ3) is 4.38. The molecule has 3 nitrogen and oxygen atoms in total. The summed E-state index contributed by atoms with van der Waals surface area (Å²) in [6, 6.07) is 10.7. The highest BCUT2D eigenvalue weighted by molar-refractivity contribution is 5.31. The van der Waals surface area contributed by atoms with Gasteiger partial charge in [-0.3, -0.25) is 9.88 Å². The van der Waals surface area contributed by atoms with Crippen LogP contribution in [0.15, 0.2) is 42.7 Å². The molecular weight excluding hydrogens is 258 g/mol. The number of pyridine rings is 1. The lowest BCUT2D eigenvalue weighted by Gasteiger charge is -2.25. The van der Waals surface area contributed by atoms with Crippen molar-refractivity contribution in [2.75, 3.05) is 13.1 Å². The third-order valence-electron chi connectivity index (χ3n) is 4.02. The first kappa shape index (κ1) is 15.7. The van der Waals surface area contributed by atoms with Crippen LogP contribution in [-0.4, -0.2) is 23.0 Å². The van der Waals surface area contributed by atoms with Crippen LogP contribution in [0, 0.1) is 13.8 Å². The van der Waals surface area contributed by atoms with Gasteiger partial charge in [0.1, 0.15) is 0 Å². The quantitative estimate of drug-likeness (QED) is 0.885. The molecule has 0 spiro atoms. The largest absolute Gasteiger partial charge is 0.323 e. The highest BCUT2D eigenvalue weighted by atomic mass is 15.1. The fraction of sp³-hybridized carbons (Fsp3) is 0.389. The van der Waals surface area contributed by atoms with Crippen molar-refractivity contribution >= 4 is 0 Å². The van der Waals surface area contributed by atoms with Gasteiger partial charge in [0, 0.05) is 31.5 Å². The van der Waals surface area contributed by atoms with E-state index >= 15 is 0 Å². The Balaban J connectivity index is 2.02. The average Bonchev–Trinajstić information content (AvgIpc) is 2.50. The maximum absolute atomic E-state index is 6.39. The van der Waals surface area contributed by atoms with Gasteiger partial charge in [-0.05, 0) is 54.8 Å². The maximum Gasteiger partial charge on any atom is 0.0424 e. The minimum absolute atomic E-state index is 0.0473. The lowest BCUT2D eigenvalue weighted by atomic mass is 10.0. The Labute approximate surface area is 127 Å². The lowest BCUT2D eigenvalue weighted by molar-refractivity contribution is 0.262. The minimum Gasteiger partial charge on any atom is -0.323 e. The van der Waals surface area contributed by atoms with Gasteiger partial charge < -0.3 is 5.73 Å². The monoisotopic (exact) mass is 283 g/mol.